The first-order valence-corrected chi connectivity index (χ1v) is 4.88. The monoisotopic (exact) mass is 148 g/mol. The Balaban J connectivity index is 2.60. The van der Waals surface area contributed by atoms with Crippen molar-refractivity contribution < 1.29 is 4.74 Å². The van der Waals surface area contributed by atoms with E-state index < -0.39 is 0 Å². The topological polar surface area (TPSA) is 9.23 Å². The normalized spacial score (nSPS) is 10.0. The molecule has 0 unspecified atom stereocenters. The lowest BCUT2D eigenvalue weighted by molar-refractivity contribution is 0.144. The van der Waals surface area contributed by atoms with Gasteiger partial charge in [-0.25, -0.2) is 0 Å². The zero-order valence-electron chi connectivity index (χ0n) is 6.35. The fourth-order valence-electron chi connectivity index (χ4n) is 0.595. The van der Waals surface area contributed by atoms with Crippen LogP contribution in [0.3, 0.4) is 0 Å². The fraction of sp³-hybridized carbons (Fsp3) is 1.00. The molecule has 0 aliphatic rings. The summed E-state index contributed by atoms with van der Waals surface area (Å²) in [6, 6.07) is 0. The first-order valence-electron chi connectivity index (χ1n) is 3.48. The summed E-state index contributed by atoms with van der Waals surface area (Å²) in [7, 11) is 0. The minimum absolute atomic E-state index is 0.860. The zero-order chi connectivity index (χ0) is 6.95. The third kappa shape index (κ3) is 8.31. The lowest BCUT2D eigenvalue weighted by Gasteiger charge is -1.98. The van der Waals surface area contributed by atoms with Crippen LogP contribution in [0.25, 0.3) is 0 Å². The smallest absolute Gasteiger partial charge is 0.0466 e. The van der Waals surface area contributed by atoms with Crippen LogP contribution in [-0.4, -0.2) is 25.2 Å². The second-order valence-corrected chi connectivity index (χ2v) is 2.88. The minimum atomic E-state index is 0.860. The standard InChI is InChI=1S/C7H16OS/c1-3-8-6-4-5-7-9-2/h3-7H2,1-2H3. The Morgan fingerprint density at radius 1 is 1.33 bits per heavy atom. The van der Waals surface area contributed by atoms with E-state index in [0.29, 0.717) is 0 Å². The first-order chi connectivity index (χ1) is 4.41. The molecule has 0 aromatic rings. The summed E-state index contributed by atoms with van der Waals surface area (Å²) >= 11 is 1.90. The van der Waals surface area contributed by atoms with E-state index in [1.165, 1.54) is 18.6 Å². The SMILES string of the molecule is CCOCCCCSC. The van der Waals surface area contributed by atoms with Gasteiger partial charge in [-0.15, -0.1) is 0 Å². The maximum absolute atomic E-state index is 5.17. The molecule has 2 heteroatoms. The van der Waals surface area contributed by atoms with E-state index in [0.717, 1.165) is 13.2 Å². The minimum Gasteiger partial charge on any atom is -0.382 e. The molecule has 0 N–H and O–H groups in total. The summed E-state index contributed by atoms with van der Waals surface area (Å²) in [5, 5.41) is 0. The van der Waals surface area contributed by atoms with Gasteiger partial charge in [-0.1, -0.05) is 0 Å². The molecule has 0 bridgehead atoms. The van der Waals surface area contributed by atoms with Gasteiger partial charge in [-0.2, -0.15) is 11.8 Å². The van der Waals surface area contributed by atoms with Crippen LogP contribution in [0.1, 0.15) is 19.8 Å². The van der Waals surface area contributed by atoms with Gasteiger partial charge in [0.1, 0.15) is 0 Å². The molecule has 0 saturated heterocycles. The van der Waals surface area contributed by atoms with Crippen molar-refractivity contribution in [3.8, 4) is 0 Å². The van der Waals surface area contributed by atoms with Crippen molar-refractivity contribution in [2.45, 2.75) is 19.8 Å². The molecular formula is C7H16OS. The molecule has 0 saturated carbocycles. The Hall–Kier alpha value is 0.310. The van der Waals surface area contributed by atoms with E-state index in [9.17, 15) is 0 Å². The van der Waals surface area contributed by atoms with Crippen LogP contribution in [0.15, 0.2) is 0 Å². The molecule has 0 aromatic carbocycles. The van der Waals surface area contributed by atoms with Gasteiger partial charge in [-0.3, -0.25) is 0 Å². The Kier molecular flexibility index (Phi) is 8.60. The Bertz CT molecular complexity index is 42.2. The van der Waals surface area contributed by atoms with E-state index in [1.807, 2.05) is 18.7 Å². The molecule has 0 heterocycles. The summed E-state index contributed by atoms with van der Waals surface area (Å²) in [5.74, 6) is 1.27. The molecule has 0 amide bonds. The van der Waals surface area contributed by atoms with E-state index in [4.69, 9.17) is 4.74 Å². The first kappa shape index (κ1) is 9.31. The fourth-order valence-corrected chi connectivity index (χ4v) is 1.09. The van der Waals surface area contributed by atoms with Crippen molar-refractivity contribution in [2.75, 3.05) is 25.2 Å². The average molecular weight is 148 g/mol. The van der Waals surface area contributed by atoms with Gasteiger partial charge >= 0.3 is 0 Å². The van der Waals surface area contributed by atoms with Gasteiger partial charge in [0, 0.05) is 13.2 Å². The van der Waals surface area contributed by atoms with Gasteiger partial charge < -0.3 is 4.74 Å². The van der Waals surface area contributed by atoms with Crippen LogP contribution in [0.2, 0.25) is 0 Å². The second-order valence-electron chi connectivity index (χ2n) is 1.90. The number of thioether (sulfide) groups is 1. The van der Waals surface area contributed by atoms with Crippen LogP contribution >= 0.6 is 11.8 Å². The molecule has 1 nitrogen and oxygen atoms in total. The molecule has 0 aliphatic carbocycles. The number of rotatable bonds is 6. The largest absolute Gasteiger partial charge is 0.382 e. The molecule has 56 valence electrons. The predicted molar refractivity (Wildman–Crippen MR) is 44.1 cm³/mol. The summed E-state index contributed by atoms with van der Waals surface area (Å²) < 4.78 is 5.17. The van der Waals surface area contributed by atoms with Crippen molar-refractivity contribution in [3.05, 3.63) is 0 Å². The molecule has 0 aromatic heterocycles. The number of ether oxygens (including phenoxy) is 1. The number of hydrogen-bond acceptors (Lipinski definition) is 2. The summed E-state index contributed by atoms with van der Waals surface area (Å²) in [5.41, 5.74) is 0. The van der Waals surface area contributed by atoms with E-state index in [-0.39, 0.29) is 0 Å². The van der Waals surface area contributed by atoms with Crippen LogP contribution in [-0.2, 0) is 4.74 Å². The van der Waals surface area contributed by atoms with Crippen molar-refractivity contribution >= 4 is 11.8 Å². The van der Waals surface area contributed by atoms with E-state index in [1.54, 1.807) is 0 Å². The second kappa shape index (κ2) is 8.31. The number of unbranched alkanes of at least 4 members (excludes halogenated alkanes) is 1. The quantitative estimate of drug-likeness (QED) is 0.534. The molecular weight excluding hydrogens is 132 g/mol. The van der Waals surface area contributed by atoms with Crippen molar-refractivity contribution in [2.24, 2.45) is 0 Å². The third-order valence-corrected chi connectivity index (χ3v) is 1.79. The van der Waals surface area contributed by atoms with Crippen LogP contribution in [0.4, 0.5) is 0 Å². The van der Waals surface area contributed by atoms with E-state index >= 15 is 0 Å². The Labute approximate surface area is 62.2 Å². The van der Waals surface area contributed by atoms with Crippen molar-refractivity contribution in [1.82, 2.24) is 0 Å². The Morgan fingerprint density at radius 2 is 2.11 bits per heavy atom. The van der Waals surface area contributed by atoms with Gasteiger partial charge in [0.2, 0.25) is 0 Å². The van der Waals surface area contributed by atoms with Gasteiger partial charge in [-0.05, 0) is 31.8 Å². The predicted octanol–water partition coefficient (Wildman–Crippen LogP) is 2.17. The highest BCUT2D eigenvalue weighted by atomic mass is 32.2. The number of hydrogen-bond donors (Lipinski definition) is 0. The Morgan fingerprint density at radius 3 is 2.67 bits per heavy atom. The average Bonchev–Trinajstić information content (AvgIpc) is 1.89. The molecule has 9 heavy (non-hydrogen) atoms. The van der Waals surface area contributed by atoms with Crippen LogP contribution in [0.5, 0.6) is 0 Å². The van der Waals surface area contributed by atoms with Gasteiger partial charge in [0.15, 0.2) is 0 Å². The molecule has 0 aliphatic heterocycles. The van der Waals surface area contributed by atoms with Gasteiger partial charge in [0.05, 0.1) is 0 Å². The summed E-state index contributed by atoms with van der Waals surface area (Å²) in [6.45, 7) is 3.84. The summed E-state index contributed by atoms with van der Waals surface area (Å²) in [4.78, 5) is 0. The zero-order valence-corrected chi connectivity index (χ0v) is 7.17. The molecule has 0 rings (SSSR count). The van der Waals surface area contributed by atoms with Crippen molar-refractivity contribution in [1.29, 1.82) is 0 Å². The lowest BCUT2D eigenvalue weighted by atomic mass is 10.4. The van der Waals surface area contributed by atoms with Gasteiger partial charge in [0.25, 0.3) is 0 Å². The highest BCUT2D eigenvalue weighted by Gasteiger charge is 1.85. The lowest BCUT2D eigenvalue weighted by Crippen LogP contribution is -1.93. The maximum Gasteiger partial charge on any atom is 0.0466 e. The molecule has 0 fully saturated rings. The molecule has 0 radical (unpaired) electrons. The maximum atomic E-state index is 5.17. The highest BCUT2D eigenvalue weighted by Crippen LogP contribution is 1.98. The van der Waals surface area contributed by atoms with Crippen molar-refractivity contribution in [3.63, 3.8) is 0 Å². The summed E-state index contributed by atoms with van der Waals surface area (Å²) in [6.07, 6.45) is 4.65. The molecule has 0 atom stereocenters. The molecule has 0 spiro atoms. The highest BCUT2D eigenvalue weighted by molar-refractivity contribution is 7.98. The van der Waals surface area contributed by atoms with Crippen LogP contribution < -0.4 is 0 Å². The third-order valence-electron chi connectivity index (χ3n) is 1.09. The van der Waals surface area contributed by atoms with E-state index in [2.05, 4.69) is 6.26 Å². The van der Waals surface area contributed by atoms with Crippen LogP contribution in [0, 0.1) is 0 Å².